The van der Waals surface area contributed by atoms with Crippen LogP contribution in [0.3, 0.4) is 0 Å². The molecule has 0 aliphatic carbocycles. The summed E-state index contributed by atoms with van der Waals surface area (Å²) in [6.07, 6.45) is 1.66. The average molecular weight is 353 g/mol. The molecule has 0 spiro atoms. The lowest BCUT2D eigenvalue weighted by molar-refractivity contribution is -0.891. The molecular weight excluding hydrogens is 328 g/mol. The van der Waals surface area contributed by atoms with Crippen LogP contribution in [0.1, 0.15) is 33.5 Å². The first kappa shape index (κ1) is 17.9. The average Bonchev–Trinajstić information content (AvgIpc) is 3.24. The van der Waals surface area contributed by atoms with Crippen LogP contribution < -0.4 is 10.2 Å². The zero-order valence-electron chi connectivity index (χ0n) is 15.6. The minimum absolute atomic E-state index is 0.0544. The number of likely N-dealkylation sites (N-methyl/N-ethyl adjacent to an activating group) is 1. The maximum absolute atomic E-state index is 12.8. The van der Waals surface area contributed by atoms with E-state index in [4.69, 9.17) is 4.42 Å². The summed E-state index contributed by atoms with van der Waals surface area (Å²) in [5.41, 5.74) is 3.12. The number of aromatic nitrogens is 2. The fraction of sp³-hybridized carbons (Fsp3) is 0.300. The van der Waals surface area contributed by atoms with E-state index in [0.29, 0.717) is 12.1 Å². The Morgan fingerprint density at radius 1 is 1.19 bits per heavy atom. The molecule has 1 aromatic carbocycles. The Hall–Kier alpha value is -2.86. The van der Waals surface area contributed by atoms with Crippen LogP contribution >= 0.6 is 0 Å². The van der Waals surface area contributed by atoms with Crippen LogP contribution in [0.5, 0.6) is 0 Å². The normalized spacial score (nSPS) is 12.3. The lowest BCUT2D eigenvalue weighted by Gasteiger charge is -2.19. The highest BCUT2D eigenvalue weighted by Gasteiger charge is 2.24. The molecule has 6 heteroatoms. The van der Waals surface area contributed by atoms with E-state index in [2.05, 4.69) is 10.4 Å². The quantitative estimate of drug-likeness (QED) is 0.709. The number of carbonyl (C=O) groups excluding carboxylic acids is 1. The molecule has 0 unspecified atom stereocenters. The van der Waals surface area contributed by atoms with Crippen molar-refractivity contribution in [1.29, 1.82) is 0 Å². The van der Waals surface area contributed by atoms with Crippen molar-refractivity contribution in [3.05, 3.63) is 71.4 Å². The number of amides is 1. The van der Waals surface area contributed by atoms with E-state index in [1.165, 1.54) is 4.90 Å². The standard InChI is InChI=1S/C20H24N4O2/c1-14-19(15(2)24(22-14)16-9-6-5-7-10-16)20(25)21-13-17(23(3)4)18-11-8-12-26-18/h5-12,17H,13H2,1-4H3,(H,21,25)/p+1/t17-/m0/s1. The Bertz CT molecular complexity index is 867. The van der Waals surface area contributed by atoms with E-state index in [1.54, 1.807) is 6.26 Å². The van der Waals surface area contributed by atoms with E-state index in [1.807, 2.05) is 75.1 Å². The van der Waals surface area contributed by atoms with Crippen LogP contribution in [-0.2, 0) is 0 Å². The van der Waals surface area contributed by atoms with Gasteiger partial charge in [0, 0.05) is 0 Å². The Balaban J connectivity index is 1.79. The van der Waals surface area contributed by atoms with Gasteiger partial charge in [-0.15, -0.1) is 0 Å². The highest BCUT2D eigenvalue weighted by Crippen LogP contribution is 2.18. The predicted molar refractivity (Wildman–Crippen MR) is 99.6 cm³/mol. The number of aryl methyl sites for hydroxylation is 1. The SMILES string of the molecule is Cc1nn(-c2ccccc2)c(C)c1C(=O)NC[C@@H](c1ccco1)[NH+](C)C. The van der Waals surface area contributed by atoms with Crippen molar-refractivity contribution in [1.82, 2.24) is 15.1 Å². The Labute approximate surface area is 153 Å². The van der Waals surface area contributed by atoms with Gasteiger partial charge < -0.3 is 14.6 Å². The predicted octanol–water partition coefficient (Wildman–Crippen LogP) is 1.70. The van der Waals surface area contributed by atoms with Crippen LogP contribution in [-0.4, -0.2) is 36.3 Å². The summed E-state index contributed by atoms with van der Waals surface area (Å²) >= 11 is 0. The third kappa shape index (κ3) is 3.55. The molecule has 0 saturated heterocycles. The van der Waals surface area contributed by atoms with E-state index in [9.17, 15) is 4.79 Å². The number of quaternary nitrogens is 1. The first-order valence-electron chi connectivity index (χ1n) is 8.72. The van der Waals surface area contributed by atoms with Gasteiger partial charge in [-0.3, -0.25) is 4.79 Å². The molecule has 0 aliphatic rings. The lowest BCUT2D eigenvalue weighted by atomic mass is 10.1. The minimum atomic E-state index is -0.111. The first-order chi connectivity index (χ1) is 12.5. The number of nitrogens with one attached hydrogen (secondary N) is 2. The van der Waals surface area contributed by atoms with Crippen LogP contribution in [0.25, 0.3) is 5.69 Å². The van der Waals surface area contributed by atoms with Gasteiger partial charge in [0.25, 0.3) is 5.91 Å². The maximum Gasteiger partial charge on any atom is 0.255 e. The summed E-state index contributed by atoms with van der Waals surface area (Å²) < 4.78 is 7.33. The van der Waals surface area contributed by atoms with E-state index >= 15 is 0 Å². The Morgan fingerprint density at radius 2 is 1.92 bits per heavy atom. The molecule has 6 nitrogen and oxygen atoms in total. The fourth-order valence-corrected chi connectivity index (χ4v) is 3.15. The van der Waals surface area contributed by atoms with E-state index < -0.39 is 0 Å². The van der Waals surface area contributed by atoms with Crippen LogP contribution in [0, 0.1) is 13.8 Å². The third-order valence-electron chi connectivity index (χ3n) is 4.57. The zero-order chi connectivity index (χ0) is 18.7. The molecule has 0 aliphatic heterocycles. The molecule has 2 N–H and O–H groups in total. The minimum Gasteiger partial charge on any atom is -0.463 e. The van der Waals surface area contributed by atoms with Crippen LogP contribution in [0.4, 0.5) is 0 Å². The fourth-order valence-electron chi connectivity index (χ4n) is 3.15. The van der Waals surface area contributed by atoms with Crippen molar-refractivity contribution in [2.45, 2.75) is 19.9 Å². The van der Waals surface area contributed by atoms with Crippen molar-refractivity contribution >= 4 is 5.91 Å². The molecule has 0 radical (unpaired) electrons. The first-order valence-corrected chi connectivity index (χ1v) is 8.72. The number of benzene rings is 1. The monoisotopic (exact) mass is 353 g/mol. The number of para-hydroxylation sites is 1. The van der Waals surface area contributed by atoms with Gasteiger partial charge in [0.1, 0.15) is 0 Å². The summed E-state index contributed by atoms with van der Waals surface area (Å²) in [6, 6.07) is 13.7. The van der Waals surface area contributed by atoms with Gasteiger partial charge in [-0.2, -0.15) is 5.10 Å². The molecule has 0 bridgehead atoms. The van der Waals surface area contributed by atoms with Gasteiger partial charge in [-0.25, -0.2) is 4.68 Å². The largest absolute Gasteiger partial charge is 0.463 e. The second kappa shape index (κ2) is 7.58. The number of nitrogens with zero attached hydrogens (tertiary/aromatic N) is 2. The Morgan fingerprint density at radius 3 is 2.54 bits per heavy atom. The molecule has 1 atom stereocenters. The van der Waals surface area contributed by atoms with Crippen molar-refractivity contribution in [3.63, 3.8) is 0 Å². The van der Waals surface area contributed by atoms with Crippen molar-refractivity contribution in [2.24, 2.45) is 0 Å². The Kier molecular flexibility index (Phi) is 5.23. The molecule has 2 heterocycles. The summed E-state index contributed by atoms with van der Waals surface area (Å²) in [6.45, 7) is 4.27. The van der Waals surface area contributed by atoms with Gasteiger partial charge in [0.05, 0.1) is 49.5 Å². The topological polar surface area (TPSA) is 64.5 Å². The number of carbonyl (C=O) groups is 1. The van der Waals surface area contributed by atoms with Gasteiger partial charge in [-0.1, -0.05) is 18.2 Å². The molecule has 26 heavy (non-hydrogen) atoms. The van der Waals surface area contributed by atoms with Gasteiger partial charge in [0.15, 0.2) is 11.8 Å². The molecule has 0 fully saturated rings. The summed E-state index contributed by atoms with van der Waals surface area (Å²) in [7, 11) is 4.09. The molecular formula is C20H25N4O2+. The van der Waals surface area contributed by atoms with Crippen molar-refractivity contribution in [2.75, 3.05) is 20.6 Å². The highest BCUT2D eigenvalue weighted by atomic mass is 16.3. The number of hydrogen-bond acceptors (Lipinski definition) is 3. The van der Waals surface area contributed by atoms with Crippen molar-refractivity contribution in [3.8, 4) is 5.69 Å². The molecule has 136 valence electrons. The summed E-state index contributed by atoms with van der Waals surface area (Å²) in [5, 5.41) is 7.59. The van der Waals surface area contributed by atoms with Crippen LogP contribution in [0.15, 0.2) is 53.1 Å². The van der Waals surface area contributed by atoms with Crippen LogP contribution in [0.2, 0.25) is 0 Å². The van der Waals surface area contributed by atoms with E-state index in [-0.39, 0.29) is 11.9 Å². The summed E-state index contributed by atoms with van der Waals surface area (Å²) in [4.78, 5) is 14.0. The maximum atomic E-state index is 12.8. The molecule has 2 aromatic heterocycles. The molecule has 3 aromatic rings. The molecule has 1 amide bonds. The zero-order valence-corrected chi connectivity index (χ0v) is 15.6. The highest BCUT2D eigenvalue weighted by molar-refractivity contribution is 5.96. The third-order valence-corrected chi connectivity index (χ3v) is 4.57. The molecule has 0 saturated carbocycles. The van der Waals surface area contributed by atoms with Crippen molar-refractivity contribution < 1.29 is 14.1 Å². The van der Waals surface area contributed by atoms with Gasteiger partial charge in [-0.05, 0) is 38.1 Å². The second-order valence-corrected chi connectivity index (χ2v) is 6.65. The van der Waals surface area contributed by atoms with Gasteiger partial charge in [0.2, 0.25) is 0 Å². The second-order valence-electron chi connectivity index (χ2n) is 6.65. The van der Waals surface area contributed by atoms with E-state index in [0.717, 1.165) is 22.8 Å². The summed E-state index contributed by atoms with van der Waals surface area (Å²) in [5.74, 6) is 0.749. The molecule has 3 rings (SSSR count). The smallest absolute Gasteiger partial charge is 0.255 e. The number of rotatable bonds is 6. The lowest BCUT2D eigenvalue weighted by Crippen LogP contribution is -3.07. The number of hydrogen-bond donors (Lipinski definition) is 2. The van der Waals surface area contributed by atoms with Gasteiger partial charge >= 0.3 is 0 Å². The number of furan rings is 1.